The van der Waals surface area contributed by atoms with Crippen molar-refractivity contribution in [3.05, 3.63) is 59.4 Å². The molecule has 92 valence electrons. The van der Waals surface area contributed by atoms with E-state index in [0.717, 1.165) is 17.8 Å². The normalized spacial score (nSPS) is 10.2. The standard InChI is InChI=1S/C13H10F2N2O/c1-8-2-4-10(14)6-11(8)17-13(18)9-3-5-12(15)16-7-9/h2-7H,1H3,(H,17,18). The summed E-state index contributed by atoms with van der Waals surface area (Å²) in [7, 11) is 0. The summed E-state index contributed by atoms with van der Waals surface area (Å²) in [6, 6.07) is 6.50. The molecule has 0 aliphatic carbocycles. The second-order valence-corrected chi connectivity index (χ2v) is 3.78. The van der Waals surface area contributed by atoms with Gasteiger partial charge in [0.1, 0.15) is 5.82 Å². The maximum atomic E-state index is 13.0. The zero-order valence-corrected chi connectivity index (χ0v) is 9.58. The average molecular weight is 248 g/mol. The van der Waals surface area contributed by atoms with Crippen molar-refractivity contribution < 1.29 is 13.6 Å². The van der Waals surface area contributed by atoms with Crippen LogP contribution >= 0.6 is 0 Å². The van der Waals surface area contributed by atoms with Crippen LogP contribution in [-0.4, -0.2) is 10.9 Å². The fraction of sp³-hybridized carbons (Fsp3) is 0.0769. The zero-order chi connectivity index (χ0) is 13.1. The van der Waals surface area contributed by atoms with E-state index >= 15 is 0 Å². The number of hydrogen-bond donors (Lipinski definition) is 1. The molecule has 0 bridgehead atoms. The number of nitrogens with zero attached hydrogens (tertiary/aromatic N) is 1. The van der Waals surface area contributed by atoms with E-state index in [0.29, 0.717) is 5.69 Å². The third kappa shape index (κ3) is 2.68. The Balaban J connectivity index is 2.21. The number of hydrogen-bond acceptors (Lipinski definition) is 2. The highest BCUT2D eigenvalue weighted by molar-refractivity contribution is 6.04. The lowest BCUT2D eigenvalue weighted by molar-refractivity contribution is 0.102. The lowest BCUT2D eigenvalue weighted by Crippen LogP contribution is -2.13. The number of nitrogens with one attached hydrogen (secondary N) is 1. The minimum Gasteiger partial charge on any atom is -0.322 e. The molecule has 0 saturated carbocycles. The molecule has 1 amide bonds. The average Bonchev–Trinajstić information content (AvgIpc) is 2.34. The van der Waals surface area contributed by atoms with Gasteiger partial charge in [-0.1, -0.05) is 6.07 Å². The van der Waals surface area contributed by atoms with Gasteiger partial charge in [-0.25, -0.2) is 9.37 Å². The minimum absolute atomic E-state index is 0.208. The Morgan fingerprint density at radius 3 is 2.67 bits per heavy atom. The summed E-state index contributed by atoms with van der Waals surface area (Å²) in [5.41, 5.74) is 1.32. The van der Waals surface area contributed by atoms with E-state index in [1.165, 1.54) is 18.2 Å². The number of aromatic nitrogens is 1. The molecule has 18 heavy (non-hydrogen) atoms. The van der Waals surface area contributed by atoms with Gasteiger partial charge in [0.15, 0.2) is 0 Å². The predicted molar refractivity (Wildman–Crippen MR) is 63.3 cm³/mol. The Morgan fingerprint density at radius 1 is 1.22 bits per heavy atom. The Hall–Kier alpha value is -2.30. The van der Waals surface area contributed by atoms with Gasteiger partial charge in [0.05, 0.1) is 5.56 Å². The van der Waals surface area contributed by atoms with Crippen molar-refractivity contribution in [3.8, 4) is 0 Å². The van der Waals surface area contributed by atoms with Crippen LogP contribution in [0.1, 0.15) is 15.9 Å². The van der Waals surface area contributed by atoms with Crippen molar-refractivity contribution in [1.82, 2.24) is 4.98 Å². The summed E-state index contributed by atoms with van der Waals surface area (Å²) in [4.78, 5) is 15.2. The number of aryl methyl sites for hydroxylation is 1. The fourth-order valence-electron chi connectivity index (χ4n) is 1.43. The van der Waals surface area contributed by atoms with Crippen molar-refractivity contribution in [1.29, 1.82) is 0 Å². The van der Waals surface area contributed by atoms with E-state index in [1.807, 2.05) is 0 Å². The molecule has 0 saturated heterocycles. The number of pyridine rings is 1. The third-order valence-corrected chi connectivity index (χ3v) is 2.44. The predicted octanol–water partition coefficient (Wildman–Crippen LogP) is 2.92. The quantitative estimate of drug-likeness (QED) is 0.830. The van der Waals surface area contributed by atoms with Gasteiger partial charge < -0.3 is 5.32 Å². The Bertz CT molecular complexity index is 582. The van der Waals surface area contributed by atoms with Crippen molar-refractivity contribution >= 4 is 11.6 Å². The van der Waals surface area contributed by atoms with Crippen LogP contribution in [0.15, 0.2) is 36.5 Å². The first-order chi connectivity index (χ1) is 8.56. The molecule has 0 unspecified atom stereocenters. The molecule has 2 aromatic rings. The summed E-state index contributed by atoms with van der Waals surface area (Å²) >= 11 is 0. The molecule has 0 spiro atoms. The number of carbonyl (C=O) groups excluding carboxylic acids is 1. The van der Waals surface area contributed by atoms with Gasteiger partial charge in [-0.15, -0.1) is 0 Å². The lowest BCUT2D eigenvalue weighted by Gasteiger charge is -2.08. The highest BCUT2D eigenvalue weighted by Crippen LogP contribution is 2.16. The van der Waals surface area contributed by atoms with Gasteiger partial charge in [0, 0.05) is 11.9 Å². The monoisotopic (exact) mass is 248 g/mol. The number of benzene rings is 1. The molecule has 0 fully saturated rings. The molecule has 1 aromatic carbocycles. The summed E-state index contributed by atoms with van der Waals surface area (Å²) in [5, 5.41) is 2.55. The van der Waals surface area contributed by atoms with E-state index < -0.39 is 17.7 Å². The van der Waals surface area contributed by atoms with Crippen LogP contribution in [0.4, 0.5) is 14.5 Å². The van der Waals surface area contributed by atoms with Crippen LogP contribution in [0.3, 0.4) is 0 Å². The Labute approximate surface area is 102 Å². The summed E-state index contributed by atoms with van der Waals surface area (Å²) in [5.74, 6) is -1.56. The van der Waals surface area contributed by atoms with Gasteiger partial charge in [0.25, 0.3) is 5.91 Å². The molecule has 0 radical (unpaired) electrons. The van der Waals surface area contributed by atoms with Crippen molar-refractivity contribution in [2.45, 2.75) is 6.92 Å². The van der Waals surface area contributed by atoms with E-state index in [4.69, 9.17) is 0 Å². The van der Waals surface area contributed by atoms with Gasteiger partial charge >= 0.3 is 0 Å². The first kappa shape index (κ1) is 12.2. The van der Waals surface area contributed by atoms with Crippen LogP contribution in [0.2, 0.25) is 0 Å². The van der Waals surface area contributed by atoms with Gasteiger partial charge in [-0.3, -0.25) is 4.79 Å². The lowest BCUT2D eigenvalue weighted by atomic mass is 10.2. The first-order valence-electron chi connectivity index (χ1n) is 5.25. The second kappa shape index (κ2) is 4.91. The molecule has 3 nitrogen and oxygen atoms in total. The van der Waals surface area contributed by atoms with Crippen LogP contribution in [0.25, 0.3) is 0 Å². The van der Waals surface area contributed by atoms with E-state index in [1.54, 1.807) is 13.0 Å². The van der Waals surface area contributed by atoms with Crippen molar-refractivity contribution in [3.63, 3.8) is 0 Å². The Kier molecular flexibility index (Phi) is 3.32. The highest BCUT2D eigenvalue weighted by atomic mass is 19.1. The van der Waals surface area contributed by atoms with Gasteiger partial charge in [0.2, 0.25) is 5.95 Å². The molecule has 1 heterocycles. The summed E-state index contributed by atoms with van der Waals surface area (Å²) < 4.78 is 25.6. The smallest absolute Gasteiger partial charge is 0.257 e. The second-order valence-electron chi connectivity index (χ2n) is 3.78. The van der Waals surface area contributed by atoms with Crippen molar-refractivity contribution in [2.24, 2.45) is 0 Å². The fourth-order valence-corrected chi connectivity index (χ4v) is 1.43. The van der Waals surface area contributed by atoms with Gasteiger partial charge in [-0.05, 0) is 36.8 Å². The molecule has 1 aromatic heterocycles. The molecule has 0 aliphatic heterocycles. The third-order valence-electron chi connectivity index (χ3n) is 2.44. The number of amides is 1. The molecule has 2 rings (SSSR count). The maximum absolute atomic E-state index is 13.0. The SMILES string of the molecule is Cc1ccc(F)cc1NC(=O)c1ccc(F)nc1. The molecular weight excluding hydrogens is 238 g/mol. The zero-order valence-electron chi connectivity index (χ0n) is 9.58. The maximum Gasteiger partial charge on any atom is 0.257 e. The number of rotatable bonds is 2. The number of halogens is 2. The summed E-state index contributed by atoms with van der Waals surface area (Å²) in [6.07, 6.45) is 1.12. The summed E-state index contributed by atoms with van der Waals surface area (Å²) in [6.45, 7) is 1.75. The van der Waals surface area contributed by atoms with Crippen molar-refractivity contribution in [2.75, 3.05) is 5.32 Å². The van der Waals surface area contributed by atoms with Crippen LogP contribution in [0, 0.1) is 18.7 Å². The largest absolute Gasteiger partial charge is 0.322 e. The first-order valence-corrected chi connectivity index (χ1v) is 5.25. The molecule has 0 aliphatic rings. The number of anilines is 1. The topological polar surface area (TPSA) is 42.0 Å². The molecular formula is C13H10F2N2O. The molecule has 0 atom stereocenters. The van der Waals surface area contributed by atoms with Crippen LogP contribution in [-0.2, 0) is 0 Å². The highest BCUT2D eigenvalue weighted by Gasteiger charge is 2.09. The van der Waals surface area contributed by atoms with Crippen LogP contribution < -0.4 is 5.32 Å². The molecule has 1 N–H and O–H groups in total. The van der Waals surface area contributed by atoms with Gasteiger partial charge in [-0.2, -0.15) is 4.39 Å². The minimum atomic E-state index is -0.659. The van der Waals surface area contributed by atoms with E-state index in [-0.39, 0.29) is 5.56 Å². The van der Waals surface area contributed by atoms with E-state index in [2.05, 4.69) is 10.3 Å². The van der Waals surface area contributed by atoms with E-state index in [9.17, 15) is 13.6 Å². The number of carbonyl (C=O) groups is 1. The molecule has 5 heteroatoms. The Morgan fingerprint density at radius 2 is 2.00 bits per heavy atom. The van der Waals surface area contributed by atoms with Crippen LogP contribution in [0.5, 0.6) is 0 Å².